The number of rotatable bonds is 5. The molecule has 24 heavy (non-hydrogen) atoms. The van der Waals surface area contributed by atoms with Gasteiger partial charge < -0.3 is 10.6 Å². The molecule has 0 saturated carbocycles. The van der Waals surface area contributed by atoms with E-state index in [0.29, 0.717) is 15.6 Å². The van der Waals surface area contributed by atoms with Crippen molar-refractivity contribution in [3.05, 3.63) is 69.5 Å². The topological polar surface area (TPSA) is 58.2 Å². The van der Waals surface area contributed by atoms with Gasteiger partial charge in [0.2, 0.25) is 5.91 Å². The summed E-state index contributed by atoms with van der Waals surface area (Å²) >= 11 is 12.1. The van der Waals surface area contributed by atoms with E-state index in [1.54, 1.807) is 25.1 Å². The molecule has 2 rings (SSSR count). The Hall–Kier alpha value is -2.11. The first kappa shape index (κ1) is 18.2. The Bertz CT molecular complexity index is 768. The van der Waals surface area contributed by atoms with Crippen molar-refractivity contribution < 1.29 is 14.0 Å². The molecular weight excluding hydrogens is 354 g/mol. The summed E-state index contributed by atoms with van der Waals surface area (Å²) in [5.74, 6) is -1.45. The molecule has 7 heteroatoms. The van der Waals surface area contributed by atoms with Gasteiger partial charge in [-0.3, -0.25) is 9.59 Å². The number of carbonyl (C=O) groups excluding carboxylic acids is 2. The zero-order valence-corrected chi connectivity index (χ0v) is 14.3. The maximum Gasteiger partial charge on any atom is 0.251 e. The van der Waals surface area contributed by atoms with Gasteiger partial charge in [-0.25, -0.2) is 4.39 Å². The second kappa shape index (κ2) is 8.13. The quantitative estimate of drug-likeness (QED) is 0.844. The van der Waals surface area contributed by atoms with Crippen LogP contribution in [0.1, 0.15) is 28.9 Å². The Morgan fingerprint density at radius 2 is 1.88 bits per heavy atom. The highest BCUT2D eigenvalue weighted by atomic mass is 35.5. The highest BCUT2D eigenvalue weighted by Gasteiger charge is 2.15. The minimum atomic E-state index is -0.530. The molecule has 2 N–H and O–H groups in total. The summed E-state index contributed by atoms with van der Waals surface area (Å²) in [6.45, 7) is 1.52. The van der Waals surface area contributed by atoms with E-state index in [0.717, 1.165) is 6.07 Å². The van der Waals surface area contributed by atoms with Gasteiger partial charge >= 0.3 is 0 Å². The summed E-state index contributed by atoms with van der Waals surface area (Å²) in [5.41, 5.74) is 0.822. The Kier molecular flexibility index (Phi) is 6.17. The highest BCUT2D eigenvalue weighted by Crippen LogP contribution is 2.29. The predicted molar refractivity (Wildman–Crippen MR) is 91.8 cm³/mol. The van der Waals surface area contributed by atoms with Gasteiger partial charge in [0.1, 0.15) is 5.82 Å². The minimum Gasteiger partial charge on any atom is -0.348 e. The van der Waals surface area contributed by atoms with Crippen LogP contribution in [0.4, 0.5) is 4.39 Å². The van der Waals surface area contributed by atoms with Crippen molar-refractivity contribution in [3.8, 4) is 0 Å². The average Bonchev–Trinajstić information content (AvgIpc) is 2.55. The number of amides is 2. The summed E-state index contributed by atoms with van der Waals surface area (Å²) in [5, 5.41) is 5.91. The summed E-state index contributed by atoms with van der Waals surface area (Å²) < 4.78 is 13.1. The summed E-state index contributed by atoms with van der Waals surface area (Å²) in [6, 6.07) is 9.98. The molecular formula is C17H15Cl2FN2O2. The van der Waals surface area contributed by atoms with E-state index in [4.69, 9.17) is 23.2 Å². The van der Waals surface area contributed by atoms with E-state index in [2.05, 4.69) is 10.6 Å². The maximum absolute atomic E-state index is 13.1. The molecule has 0 spiro atoms. The number of hydrogen-bond donors (Lipinski definition) is 2. The van der Waals surface area contributed by atoms with Gasteiger partial charge in [-0.2, -0.15) is 0 Å². The van der Waals surface area contributed by atoms with Gasteiger partial charge in [0.25, 0.3) is 5.91 Å². The molecule has 2 aromatic rings. The third kappa shape index (κ3) is 4.69. The maximum atomic E-state index is 13.1. The smallest absolute Gasteiger partial charge is 0.251 e. The molecule has 1 atom stereocenters. The summed E-state index contributed by atoms with van der Waals surface area (Å²) in [6.07, 6.45) is 0. The van der Waals surface area contributed by atoms with Crippen molar-refractivity contribution in [2.24, 2.45) is 0 Å². The van der Waals surface area contributed by atoms with Crippen LogP contribution in [-0.4, -0.2) is 18.4 Å². The van der Waals surface area contributed by atoms with E-state index in [9.17, 15) is 14.0 Å². The first-order valence-electron chi connectivity index (χ1n) is 7.15. The molecule has 4 nitrogen and oxygen atoms in total. The molecule has 0 aliphatic rings. The Morgan fingerprint density at radius 3 is 2.58 bits per heavy atom. The molecule has 2 aromatic carbocycles. The lowest BCUT2D eigenvalue weighted by atomic mass is 10.1. The Morgan fingerprint density at radius 1 is 1.17 bits per heavy atom. The van der Waals surface area contributed by atoms with E-state index in [1.807, 2.05) is 0 Å². The Balaban J connectivity index is 1.91. The lowest BCUT2D eigenvalue weighted by Crippen LogP contribution is -2.38. The first-order valence-corrected chi connectivity index (χ1v) is 7.91. The molecule has 2 amide bonds. The number of benzene rings is 2. The van der Waals surface area contributed by atoms with E-state index >= 15 is 0 Å². The molecule has 0 saturated heterocycles. The molecule has 126 valence electrons. The van der Waals surface area contributed by atoms with Crippen LogP contribution in [-0.2, 0) is 4.79 Å². The number of carbonyl (C=O) groups is 2. The number of nitrogens with one attached hydrogen (secondary N) is 2. The van der Waals surface area contributed by atoms with Crippen LogP contribution in [0.25, 0.3) is 0 Å². The van der Waals surface area contributed by atoms with Gasteiger partial charge in [0.15, 0.2) is 0 Å². The van der Waals surface area contributed by atoms with Crippen LogP contribution in [0, 0.1) is 5.82 Å². The zero-order chi connectivity index (χ0) is 17.7. The van der Waals surface area contributed by atoms with Crippen molar-refractivity contribution in [1.29, 1.82) is 0 Å². The fourth-order valence-electron chi connectivity index (χ4n) is 2.12. The molecule has 0 bridgehead atoms. The van der Waals surface area contributed by atoms with Crippen LogP contribution in [0.2, 0.25) is 10.0 Å². The summed E-state index contributed by atoms with van der Waals surface area (Å²) in [7, 11) is 0. The van der Waals surface area contributed by atoms with Crippen LogP contribution < -0.4 is 10.6 Å². The van der Waals surface area contributed by atoms with Gasteiger partial charge in [-0.05, 0) is 36.8 Å². The minimum absolute atomic E-state index is 0.147. The lowest BCUT2D eigenvalue weighted by molar-refractivity contribution is -0.120. The molecule has 0 heterocycles. The number of halogens is 3. The molecule has 0 radical (unpaired) electrons. The highest BCUT2D eigenvalue weighted by molar-refractivity contribution is 6.42. The molecule has 0 aliphatic heterocycles. The average molecular weight is 369 g/mol. The predicted octanol–water partition coefficient (Wildman–Crippen LogP) is 3.74. The van der Waals surface area contributed by atoms with Crippen molar-refractivity contribution in [2.75, 3.05) is 6.54 Å². The first-order chi connectivity index (χ1) is 11.4. The summed E-state index contributed by atoms with van der Waals surface area (Å²) in [4.78, 5) is 23.8. The van der Waals surface area contributed by atoms with Crippen molar-refractivity contribution in [1.82, 2.24) is 10.6 Å². The largest absolute Gasteiger partial charge is 0.348 e. The molecule has 0 aliphatic carbocycles. The second-order valence-electron chi connectivity index (χ2n) is 5.13. The van der Waals surface area contributed by atoms with Crippen molar-refractivity contribution >= 4 is 35.0 Å². The van der Waals surface area contributed by atoms with Crippen molar-refractivity contribution in [3.63, 3.8) is 0 Å². The van der Waals surface area contributed by atoms with E-state index < -0.39 is 17.6 Å². The van der Waals surface area contributed by atoms with Gasteiger partial charge in [-0.1, -0.05) is 41.4 Å². The molecule has 0 aromatic heterocycles. The fraction of sp³-hybridized carbons (Fsp3) is 0.176. The number of hydrogen-bond acceptors (Lipinski definition) is 2. The van der Waals surface area contributed by atoms with Gasteiger partial charge in [0, 0.05) is 5.56 Å². The SMILES string of the molecule is C[C@@H](NC(=O)CNC(=O)c1cccc(F)c1)c1cccc(Cl)c1Cl. The van der Waals surface area contributed by atoms with Crippen molar-refractivity contribution in [2.45, 2.75) is 13.0 Å². The normalized spacial score (nSPS) is 11.7. The standard InChI is InChI=1S/C17H15Cl2FN2O2/c1-10(13-6-3-7-14(18)16(13)19)22-15(23)9-21-17(24)11-4-2-5-12(20)8-11/h2-8,10H,9H2,1H3,(H,21,24)(H,22,23)/t10-/m1/s1. The third-order valence-electron chi connectivity index (χ3n) is 3.32. The monoisotopic (exact) mass is 368 g/mol. The third-order valence-corrected chi connectivity index (χ3v) is 4.16. The second-order valence-corrected chi connectivity index (χ2v) is 5.91. The van der Waals surface area contributed by atoms with Crippen LogP contribution >= 0.6 is 23.2 Å². The van der Waals surface area contributed by atoms with E-state index in [1.165, 1.54) is 18.2 Å². The van der Waals surface area contributed by atoms with Gasteiger partial charge in [-0.15, -0.1) is 0 Å². The van der Waals surface area contributed by atoms with Crippen LogP contribution in [0.5, 0.6) is 0 Å². The van der Waals surface area contributed by atoms with Crippen LogP contribution in [0.3, 0.4) is 0 Å². The van der Waals surface area contributed by atoms with E-state index in [-0.39, 0.29) is 18.2 Å². The fourth-order valence-corrected chi connectivity index (χ4v) is 2.59. The van der Waals surface area contributed by atoms with Crippen LogP contribution in [0.15, 0.2) is 42.5 Å². The molecule has 0 unspecified atom stereocenters. The molecule has 0 fully saturated rings. The lowest BCUT2D eigenvalue weighted by Gasteiger charge is -2.16. The van der Waals surface area contributed by atoms with Gasteiger partial charge in [0.05, 0.1) is 22.6 Å². The zero-order valence-electron chi connectivity index (χ0n) is 12.8. The Labute approximate surface area is 149 Å².